The summed E-state index contributed by atoms with van der Waals surface area (Å²) in [5, 5.41) is 5.22. The summed E-state index contributed by atoms with van der Waals surface area (Å²) in [4.78, 5) is 0. The summed E-state index contributed by atoms with van der Waals surface area (Å²) in [6.07, 6.45) is 9.26. The minimum Gasteiger partial charge on any atom is -1.00 e. The summed E-state index contributed by atoms with van der Waals surface area (Å²) in [6.45, 7) is 14.3. The van der Waals surface area contributed by atoms with Gasteiger partial charge < -0.3 is 24.8 Å². The minimum absolute atomic E-state index is 0. The Bertz CT molecular complexity index is 2280. The predicted octanol–water partition coefficient (Wildman–Crippen LogP) is 5.52. The van der Waals surface area contributed by atoms with Crippen molar-refractivity contribution in [2.45, 2.75) is 65.2 Å². The molecule has 6 aromatic carbocycles. The van der Waals surface area contributed by atoms with E-state index in [2.05, 4.69) is 175 Å². The van der Waals surface area contributed by atoms with Gasteiger partial charge in [0.1, 0.15) is 0 Å². The molecule has 0 saturated carbocycles. The Balaban J connectivity index is 0.00000216. The number of rotatable bonds is 4. The molecular weight excluding hydrogens is 727 g/mol. The maximum atomic E-state index is 2.51. The predicted molar refractivity (Wildman–Crippen MR) is 205 cm³/mol. The maximum absolute atomic E-state index is 2.90. The molecule has 0 heterocycles. The summed E-state index contributed by atoms with van der Waals surface area (Å²) in [5.74, 6) is 0. The average Bonchev–Trinajstić information content (AvgIpc) is 3.74. The first-order valence-corrected chi connectivity index (χ1v) is 21.1. The van der Waals surface area contributed by atoms with E-state index in [9.17, 15) is 0 Å². The zero-order valence-electron chi connectivity index (χ0n) is 29.9. The van der Waals surface area contributed by atoms with E-state index in [0.717, 1.165) is 12.8 Å². The van der Waals surface area contributed by atoms with Crippen molar-refractivity contribution in [1.29, 1.82) is 0 Å². The average molecular weight is 771 g/mol. The Labute approximate surface area is 318 Å². The van der Waals surface area contributed by atoms with E-state index in [0.29, 0.717) is 0 Å². The number of allylic oxidation sites excluding steroid dienone is 4. The van der Waals surface area contributed by atoms with E-state index in [1.54, 1.807) is 15.3 Å². The quantitative estimate of drug-likeness (QED) is 0.221. The zero-order valence-corrected chi connectivity index (χ0v) is 33.8. The van der Waals surface area contributed by atoms with Crippen LogP contribution in [0.25, 0.3) is 32.7 Å². The van der Waals surface area contributed by atoms with Crippen molar-refractivity contribution in [2.24, 2.45) is 0 Å². The van der Waals surface area contributed by atoms with E-state index < -0.39 is 21.3 Å². The number of hydrogen-bond donors (Lipinski definition) is 0. The molecule has 0 radical (unpaired) electrons. The third kappa shape index (κ3) is 6.59. The Morgan fingerprint density at radius 1 is 0.580 bits per heavy atom. The third-order valence-electron chi connectivity index (χ3n) is 10.4. The van der Waals surface area contributed by atoms with Gasteiger partial charge in [0.25, 0.3) is 0 Å². The van der Waals surface area contributed by atoms with Gasteiger partial charge in [-0.3, -0.25) is 0 Å². The van der Waals surface area contributed by atoms with Crippen LogP contribution in [0.15, 0.2) is 137 Å². The van der Waals surface area contributed by atoms with Gasteiger partial charge in [0.05, 0.1) is 0 Å². The molecule has 0 saturated heterocycles. The van der Waals surface area contributed by atoms with Gasteiger partial charge in [0.2, 0.25) is 0 Å². The molecule has 0 amide bonds. The summed E-state index contributed by atoms with van der Waals surface area (Å²) >= 11 is -2.90. The number of hydrogen-bond acceptors (Lipinski definition) is 0. The number of fused-ring (bicyclic) bond motifs is 5. The summed E-state index contributed by atoms with van der Waals surface area (Å²) in [6, 6.07) is 44.4. The van der Waals surface area contributed by atoms with Crippen molar-refractivity contribution in [3.63, 3.8) is 0 Å². The topological polar surface area (TPSA) is 0 Å². The van der Waals surface area contributed by atoms with Gasteiger partial charge >= 0.3 is 296 Å². The standard InChI is InChI=1S/C21H14.C21H25.C5H5.2ClH.Zr/c1-3-7-20-14-16(9-11-18(20)5-1)13-17-10-12-19-6-2-4-8-21(19)15-17;1-20(2,3)16-7-9-18-14(12-16)11-15-13-17(21(4,5)6)8-10-19(15)18;1-2-4-5-3-1;;;/h1-12,14-15H;7-10,12H,11H2,1-6H3;1-3H,4H2;2*1H;/q;;;;;+2/p-2. The van der Waals surface area contributed by atoms with Crippen LogP contribution in [-0.2, 0) is 38.5 Å². The van der Waals surface area contributed by atoms with Gasteiger partial charge in [-0.15, -0.1) is 0 Å². The molecule has 50 heavy (non-hydrogen) atoms. The van der Waals surface area contributed by atoms with Crippen molar-refractivity contribution >= 4 is 28.0 Å². The zero-order chi connectivity index (χ0) is 33.2. The molecule has 2 aliphatic carbocycles. The van der Waals surface area contributed by atoms with Crippen LogP contribution < -0.4 is 28.1 Å². The molecule has 0 aliphatic heterocycles. The van der Waals surface area contributed by atoms with Crippen LogP contribution in [0.2, 0.25) is 0 Å². The first kappa shape index (κ1) is 36.4. The van der Waals surface area contributed by atoms with Gasteiger partial charge in [-0.05, 0) is 0 Å². The van der Waals surface area contributed by atoms with Gasteiger partial charge in [0.15, 0.2) is 0 Å². The van der Waals surface area contributed by atoms with Crippen molar-refractivity contribution in [3.8, 4) is 11.1 Å². The van der Waals surface area contributed by atoms with Crippen molar-refractivity contribution in [2.75, 3.05) is 0 Å². The summed E-state index contributed by atoms with van der Waals surface area (Å²) in [5.41, 5.74) is 11.8. The molecule has 6 aromatic rings. The van der Waals surface area contributed by atoms with E-state index >= 15 is 0 Å². The van der Waals surface area contributed by atoms with Crippen molar-refractivity contribution < 1.29 is 46.1 Å². The van der Waals surface area contributed by atoms with Crippen LogP contribution >= 0.6 is 0 Å². The Kier molecular flexibility index (Phi) is 10.2. The first-order valence-electron chi connectivity index (χ1n) is 17.5. The molecule has 0 nitrogen and oxygen atoms in total. The minimum atomic E-state index is -2.90. The molecule has 0 unspecified atom stereocenters. The molecule has 0 atom stereocenters. The van der Waals surface area contributed by atoms with Gasteiger partial charge in [-0.2, -0.15) is 0 Å². The first-order chi connectivity index (χ1) is 23.1. The molecule has 2 aliphatic rings. The third-order valence-corrected chi connectivity index (χ3v) is 18.2. The van der Waals surface area contributed by atoms with E-state index in [4.69, 9.17) is 0 Å². The molecule has 8 rings (SSSR count). The molecular formula is C47H44Cl2Zr. The molecule has 0 aromatic heterocycles. The maximum Gasteiger partial charge on any atom is -1.00 e. The van der Waals surface area contributed by atoms with E-state index in [1.165, 1.54) is 60.5 Å². The van der Waals surface area contributed by atoms with E-state index in [1.807, 2.05) is 0 Å². The summed E-state index contributed by atoms with van der Waals surface area (Å²) in [7, 11) is 0. The van der Waals surface area contributed by atoms with Crippen LogP contribution in [0.3, 0.4) is 0 Å². The van der Waals surface area contributed by atoms with Crippen LogP contribution in [0, 0.1) is 0 Å². The fraction of sp³-hybridized carbons (Fsp3) is 0.213. The largest absolute Gasteiger partial charge is 1.00 e. The van der Waals surface area contributed by atoms with Crippen LogP contribution in [0.4, 0.5) is 0 Å². The smallest absolute Gasteiger partial charge is 1.00 e. The Hall–Kier alpha value is -3.35. The molecule has 250 valence electrons. The van der Waals surface area contributed by atoms with E-state index in [-0.39, 0.29) is 35.6 Å². The fourth-order valence-electron chi connectivity index (χ4n) is 7.88. The molecule has 0 spiro atoms. The summed E-state index contributed by atoms with van der Waals surface area (Å²) < 4.78 is 4.95. The van der Waals surface area contributed by atoms with Crippen LogP contribution in [-0.4, -0.2) is 3.21 Å². The van der Waals surface area contributed by atoms with Crippen molar-refractivity contribution in [3.05, 3.63) is 170 Å². The fourth-order valence-corrected chi connectivity index (χ4v) is 16.8. The second-order valence-electron chi connectivity index (χ2n) is 15.8. The SMILES string of the molecule is CC(C)(C)c1ccc2c(c1)Cc1c-2ccc(C(C)(C)C)[c]1[Zr+2]([C]1=CC=CC1)=[C](c1ccc2ccccc2c1)c1ccc2ccccc2c1.[Cl-].[Cl-]. The number of benzene rings is 6. The molecule has 0 bridgehead atoms. The Morgan fingerprint density at radius 3 is 1.70 bits per heavy atom. The second-order valence-corrected chi connectivity index (χ2v) is 21.6. The normalized spacial score (nSPS) is 13.2. The second kappa shape index (κ2) is 14.0. The van der Waals surface area contributed by atoms with Crippen molar-refractivity contribution in [1.82, 2.24) is 0 Å². The molecule has 0 N–H and O–H groups in total. The Morgan fingerprint density at radius 2 is 1.16 bits per heavy atom. The van der Waals surface area contributed by atoms with Crippen LogP contribution in [0.5, 0.6) is 0 Å². The van der Waals surface area contributed by atoms with Gasteiger partial charge in [0, 0.05) is 0 Å². The monoisotopic (exact) mass is 768 g/mol. The number of halogens is 2. The van der Waals surface area contributed by atoms with Crippen LogP contribution in [0.1, 0.15) is 81.3 Å². The molecule has 3 heteroatoms. The van der Waals surface area contributed by atoms with Gasteiger partial charge in [-0.25, -0.2) is 0 Å². The van der Waals surface area contributed by atoms with Gasteiger partial charge in [-0.1, -0.05) is 0 Å². The molecule has 0 fully saturated rings.